The molecule has 22 heavy (non-hydrogen) atoms. The Kier molecular flexibility index (Phi) is 6.22. The first-order chi connectivity index (χ1) is 10.7. The number of carbonyl (C=O) groups is 1. The van der Waals surface area contributed by atoms with Crippen LogP contribution in [-0.2, 0) is 11.2 Å². The standard InChI is InChI=1S/C17H19ClN2O2/c1-2-20(12-9-14-7-10-19-11-8-14)17(21)13-22-16-6-4-3-5-15(16)18/h3-8,10-11H,2,9,12-13H2,1H3. The van der Waals surface area contributed by atoms with E-state index in [0.717, 1.165) is 12.0 Å². The molecule has 0 atom stereocenters. The Hall–Kier alpha value is -2.07. The van der Waals surface area contributed by atoms with Crippen LogP contribution >= 0.6 is 11.6 Å². The highest BCUT2D eigenvalue weighted by Crippen LogP contribution is 2.22. The fourth-order valence-electron chi connectivity index (χ4n) is 2.07. The van der Waals surface area contributed by atoms with Crippen molar-refractivity contribution in [2.24, 2.45) is 0 Å². The van der Waals surface area contributed by atoms with Crippen molar-refractivity contribution in [1.82, 2.24) is 9.88 Å². The molecule has 1 amide bonds. The number of halogens is 1. The van der Waals surface area contributed by atoms with Gasteiger partial charge in [-0.25, -0.2) is 0 Å². The lowest BCUT2D eigenvalue weighted by Gasteiger charge is -2.21. The van der Waals surface area contributed by atoms with Crippen molar-refractivity contribution >= 4 is 17.5 Å². The lowest BCUT2D eigenvalue weighted by Crippen LogP contribution is -2.36. The number of aromatic nitrogens is 1. The maximum atomic E-state index is 12.2. The molecule has 116 valence electrons. The van der Waals surface area contributed by atoms with Crippen LogP contribution in [0.3, 0.4) is 0 Å². The third kappa shape index (κ3) is 4.74. The monoisotopic (exact) mass is 318 g/mol. The number of pyridine rings is 1. The van der Waals surface area contributed by atoms with E-state index in [1.165, 1.54) is 0 Å². The van der Waals surface area contributed by atoms with Crippen LogP contribution in [0, 0.1) is 0 Å². The molecule has 0 radical (unpaired) electrons. The molecule has 0 saturated carbocycles. The number of carbonyl (C=O) groups excluding carboxylic acids is 1. The minimum Gasteiger partial charge on any atom is -0.482 e. The largest absolute Gasteiger partial charge is 0.482 e. The number of ether oxygens (including phenoxy) is 1. The molecule has 0 aliphatic heterocycles. The Labute approximate surface area is 135 Å². The van der Waals surface area contributed by atoms with Crippen molar-refractivity contribution in [2.45, 2.75) is 13.3 Å². The van der Waals surface area contributed by atoms with E-state index < -0.39 is 0 Å². The van der Waals surface area contributed by atoms with Crippen molar-refractivity contribution in [3.05, 3.63) is 59.4 Å². The molecule has 0 aliphatic carbocycles. The van der Waals surface area contributed by atoms with E-state index in [-0.39, 0.29) is 12.5 Å². The molecule has 0 fully saturated rings. The number of likely N-dealkylation sites (N-methyl/N-ethyl adjacent to an activating group) is 1. The smallest absolute Gasteiger partial charge is 0.260 e. The number of hydrogen-bond donors (Lipinski definition) is 0. The van der Waals surface area contributed by atoms with Crippen LogP contribution in [-0.4, -0.2) is 35.5 Å². The number of amides is 1. The normalized spacial score (nSPS) is 10.3. The quantitative estimate of drug-likeness (QED) is 0.787. The number of nitrogens with zero attached hydrogens (tertiary/aromatic N) is 2. The van der Waals surface area contributed by atoms with Crippen LogP contribution in [0.25, 0.3) is 0 Å². The average Bonchev–Trinajstić information content (AvgIpc) is 2.55. The van der Waals surface area contributed by atoms with Gasteiger partial charge in [-0.2, -0.15) is 0 Å². The summed E-state index contributed by atoms with van der Waals surface area (Å²) in [6.07, 6.45) is 4.32. The zero-order valence-electron chi connectivity index (χ0n) is 12.5. The number of para-hydroxylation sites is 1. The SMILES string of the molecule is CCN(CCc1ccncc1)C(=O)COc1ccccc1Cl. The van der Waals surface area contributed by atoms with Gasteiger partial charge in [-0.05, 0) is 43.2 Å². The first-order valence-electron chi connectivity index (χ1n) is 7.24. The fraction of sp³-hybridized carbons (Fsp3) is 0.294. The van der Waals surface area contributed by atoms with Gasteiger partial charge in [0.2, 0.25) is 0 Å². The maximum absolute atomic E-state index is 12.2. The fourth-order valence-corrected chi connectivity index (χ4v) is 2.26. The summed E-state index contributed by atoms with van der Waals surface area (Å²) in [6.45, 7) is 3.26. The minimum absolute atomic E-state index is 0.00603. The van der Waals surface area contributed by atoms with Crippen molar-refractivity contribution in [3.8, 4) is 5.75 Å². The summed E-state index contributed by atoms with van der Waals surface area (Å²) in [6, 6.07) is 11.1. The van der Waals surface area contributed by atoms with Crippen molar-refractivity contribution in [3.63, 3.8) is 0 Å². The zero-order valence-corrected chi connectivity index (χ0v) is 13.3. The van der Waals surface area contributed by atoms with E-state index in [1.807, 2.05) is 31.2 Å². The first-order valence-corrected chi connectivity index (χ1v) is 7.62. The van der Waals surface area contributed by atoms with Gasteiger partial charge in [0.05, 0.1) is 5.02 Å². The van der Waals surface area contributed by atoms with Crippen LogP contribution in [0.2, 0.25) is 5.02 Å². The van der Waals surface area contributed by atoms with Crippen LogP contribution in [0.15, 0.2) is 48.8 Å². The van der Waals surface area contributed by atoms with Gasteiger partial charge in [-0.3, -0.25) is 9.78 Å². The van der Waals surface area contributed by atoms with E-state index in [4.69, 9.17) is 16.3 Å². The highest BCUT2D eigenvalue weighted by atomic mass is 35.5. The van der Waals surface area contributed by atoms with Crippen molar-refractivity contribution in [2.75, 3.05) is 19.7 Å². The minimum atomic E-state index is -0.0449. The zero-order chi connectivity index (χ0) is 15.8. The summed E-state index contributed by atoms with van der Waals surface area (Å²) in [5.74, 6) is 0.485. The Bertz CT molecular complexity index is 605. The van der Waals surface area contributed by atoms with Gasteiger partial charge in [0, 0.05) is 25.5 Å². The summed E-state index contributed by atoms with van der Waals surface area (Å²) in [5.41, 5.74) is 1.16. The number of rotatable bonds is 7. The van der Waals surface area contributed by atoms with Crippen LogP contribution in [0.5, 0.6) is 5.75 Å². The van der Waals surface area contributed by atoms with E-state index in [0.29, 0.717) is 23.9 Å². The molecule has 2 aromatic rings. The van der Waals surface area contributed by atoms with Crippen LogP contribution < -0.4 is 4.74 Å². The van der Waals surface area contributed by atoms with Gasteiger partial charge in [-0.15, -0.1) is 0 Å². The van der Waals surface area contributed by atoms with E-state index in [1.54, 1.807) is 29.4 Å². The van der Waals surface area contributed by atoms with Gasteiger partial charge in [0.25, 0.3) is 5.91 Å². The molecule has 5 heteroatoms. The predicted octanol–water partition coefficient (Wildman–Crippen LogP) is 3.21. The third-order valence-electron chi connectivity index (χ3n) is 3.34. The van der Waals surface area contributed by atoms with Gasteiger partial charge in [0.1, 0.15) is 5.75 Å². The van der Waals surface area contributed by atoms with Gasteiger partial charge >= 0.3 is 0 Å². The summed E-state index contributed by atoms with van der Waals surface area (Å²) < 4.78 is 5.50. The van der Waals surface area contributed by atoms with Gasteiger partial charge in [-0.1, -0.05) is 23.7 Å². The van der Waals surface area contributed by atoms with Gasteiger partial charge < -0.3 is 9.64 Å². The Morgan fingerprint density at radius 3 is 2.64 bits per heavy atom. The molecule has 1 heterocycles. The van der Waals surface area contributed by atoms with Crippen LogP contribution in [0.1, 0.15) is 12.5 Å². The van der Waals surface area contributed by atoms with Crippen molar-refractivity contribution < 1.29 is 9.53 Å². The number of benzene rings is 1. The molecule has 0 unspecified atom stereocenters. The van der Waals surface area contributed by atoms with Crippen LogP contribution in [0.4, 0.5) is 0 Å². The van der Waals surface area contributed by atoms with Crippen molar-refractivity contribution in [1.29, 1.82) is 0 Å². The molecule has 1 aromatic carbocycles. The second-order valence-electron chi connectivity index (χ2n) is 4.80. The lowest BCUT2D eigenvalue weighted by molar-refractivity contribution is -0.133. The summed E-state index contributed by atoms with van der Waals surface area (Å²) in [5, 5.41) is 0.509. The topological polar surface area (TPSA) is 42.4 Å². The number of hydrogen-bond acceptors (Lipinski definition) is 3. The molecule has 0 aliphatic rings. The summed E-state index contributed by atoms with van der Waals surface area (Å²) in [7, 11) is 0. The van der Waals surface area contributed by atoms with E-state index in [9.17, 15) is 4.79 Å². The predicted molar refractivity (Wildman–Crippen MR) is 87.1 cm³/mol. The first kappa shape index (κ1) is 16.3. The summed E-state index contributed by atoms with van der Waals surface area (Å²) >= 11 is 6.01. The lowest BCUT2D eigenvalue weighted by atomic mass is 10.2. The molecule has 4 nitrogen and oxygen atoms in total. The van der Waals surface area contributed by atoms with E-state index >= 15 is 0 Å². The highest BCUT2D eigenvalue weighted by Gasteiger charge is 2.13. The molecular formula is C17H19ClN2O2. The average molecular weight is 319 g/mol. The molecule has 0 spiro atoms. The molecule has 0 N–H and O–H groups in total. The molecule has 0 saturated heterocycles. The molecule has 2 rings (SSSR count). The Balaban J connectivity index is 1.85. The Morgan fingerprint density at radius 1 is 1.23 bits per heavy atom. The second kappa shape index (κ2) is 8.39. The van der Waals surface area contributed by atoms with Gasteiger partial charge in [0.15, 0.2) is 6.61 Å². The molecule has 0 bridgehead atoms. The summed E-state index contributed by atoms with van der Waals surface area (Å²) in [4.78, 5) is 18.0. The Morgan fingerprint density at radius 2 is 1.95 bits per heavy atom. The molecule has 1 aromatic heterocycles. The molecular weight excluding hydrogens is 300 g/mol. The third-order valence-corrected chi connectivity index (χ3v) is 3.65. The second-order valence-corrected chi connectivity index (χ2v) is 5.21. The highest BCUT2D eigenvalue weighted by molar-refractivity contribution is 6.32. The maximum Gasteiger partial charge on any atom is 0.260 e. The van der Waals surface area contributed by atoms with E-state index in [2.05, 4.69) is 4.98 Å².